The molecule has 0 N–H and O–H groups in total. The average Bonchev–Trinajstić information content (AvgIpc) is 2.37. The normalized spacial score (nSPS) is 24.5. The van der Waals surface area contributed by atoms with Gasteiger partial charge in [0.2, 0.25) is 0 Å². The standard InChI is InChI=1S/C9H19N2.Rb/c1-8(2)11-5-4-9(7-11)6-10-3;/h8-9H,4-7H2,1-3H3;/q-1;+1. The fourth-order valence-electron chi connectivity index (χ4n) is 1.74. The smallest absolute Gasteiger partial charge is 0.665 e. The molecular formula is C9H19N2Rb. The van der Waals surface area contributed by atoms with Crippen LogP contribution in [0.25, 0.3) is 5.32 Å². The molecule has 1 fully saturated rings. The van der Waals surface area contributed by atoms with Crippen LogP contribution in [-0.4, -0.2) is 37.6 Å². The molecule has 1 unspecified atom stereocenters. The molecule has 12 heavy (non-hydrogen) atoms. The van der Waals surface area contributed by atoms with Crippen LogP contribution in [0.5, 0.6) is 0 Å². The van der Waals surface area contributed by atoms with Crippen molar-refractivity contribution in [2.45, 2.75) is 26.3 Å². The van der Waals surface area contributed by atoms with E-state index in [0.29, 0.717) is 0 Å². The molecule has 0 aromatic heterocycles. The van der Waals surface area contributed by atoms with Crippen LogP contribution in [-0.2, 0) is 0 Å². The van der Waals surface area contributed by atoms with Crippen molar-refractivity contribution >= 4 is 0 Å². The van der Waals surface area contributed by atoms with E-state index >= 15 is 0 Å². The molecule has 1 aliphatic rings. The Balaban J connectivity index is 0.00000121. The summed E-state index contributed by atoms with van der Waals surface area (Å²) in [5, 5.41) is 4.18. The second kappa shape index (κ2) is 7.07. The van der Waals surface area contributed by atoms with Crippen LogP contribution in [0, 0.1) is 5.92 Å². The molecule has 1 atom stereocenters. The average molecular weight is 241 g/mol. The zero-order chi connectivity index (χ0) is 8.27. The molecule has 1 heterocycles. The van der Waals surface area contributed by atoms with E-state index in [1.54, 1.807) is 0 Å². The quantitative estimate of drug-likeness (QED) is 0.601. The van der Waals surface area contributed by atoms with Gasteiger partial charge >= 0.3 is 58.2 Å². The molecule has 66 valence electrons. The summed E-state index contributed by atoms with van der Waals surface area (Å²) >= 11 is 0. The maximum atomic E-state index is 4.18. The van der Waals surface area contributed by atoms with Crippen LogP contribution in [0.3, 0.4) is 0 Å². The molecule has 0 amide bonds. The van der Waals surface area contributed by atoms with Crippen LogP contribution >= 0.6 is 0 Å². The van der Waals surface area contributed by atoms with E-state index in [1.807, 2.05) is 7.05 Å². The second-order valence-corrected chi connectivity index (χ2v) is 3.74. The van der Waals surface area contributed by atoms with Crippen molar-refractivity contribution < 1.29 is 58.2 Å². The van der Waals surface area contributed by atoms with Crippen molar-refractivity contribution in [2.75, 3.05) is 26.7 Å². The first-order chi connectivity index (χ1) is 5.24. The van der Waals surface area contributed by atoms with E-state index in [1.165, 1.54) is 19.5 Å². The Labute approximate surface area is 125 Å². The van der Waals surface area contributed by atoms with Gasteiger partial charge in [-0.2, -0.15) is 7.05 Å². The van der Waals surface area contributed by atoms with Crippen molar-refractivity contribution in [1.29, 1.82) is 0 Å². The first-order valence-corrected chi connectivity index (χ1v) is 4.53. The number of likely N-dealkylation sites (tertiary alicyclic amines) is 1. The molecule has 0 radical (unpaired) electrons. The fourth-order valence-corrected chi connectivity index (χ4v) is 1.74. The molecule has 1 aliphatic heterocycles. The zero-order valence-corrected chi connectivity index (χ0v) is 13.8. The molecule has 0 spiro atoms. The van der Waals surface area contributed by atoms with Crippen LogP contribution in [0.2, 0.25) is 0 Å². The van der Waals surface area contributed by atoms with Gasteiger partial charge in [0.25, 0.3) is 0 Å². The molecule has 3 heteroatoms. The van der Waals surface area contributed by atoms with Gasteiger partial charge in [-0.05, 0) is 39.3 Å². The number of hydrogen-bond donors (Lipinski definition) is 0. The summed E-state index contributed by atoms with van der Waals surface area (Å²) < 4.78 is 0. The largest absolute Gasteiger partial charge is 1.00 e. The summed E-state index contributed by atoms with van der Waals surface area (Å²) in [7, 11) is 1.91. The molecule has 0 bridgehead atoms. The van der Waals surface area contributed by atoms with Gasteiger partial charge in [-0.1, -0.05) is 0 Å². The third-order valence-electron chi connectivity index (χ3n) is 2.49. The summed E-state index contributed by atoms with van der Waals surface area (Å²) in [4.78, 5) is 2.54. The van der Waals surface area contributed by atoms with Gasteiger partial charge in [0.05, 0.1) is 0 Å². The first kappa shape index (κ1) is 13.7. The van der Waals surface area contributed by atoms with E-state index in [-0.39, 0.29) is 58.2 Å². The SMILES string of the molecule is C[N-]CC1CCN(C(C)C)C1.[Rb+]. The predicted octanol–water partition coefficient (Wildman–Crippen LogP) is -1.28. The van der Waals surface area contributed by atoms with Crippen LogP contribution in [0.1, 0.15) is 20.3 Å². The van der Waals surface area contributed by atoms with Gasteiger partial charge < -0.3 is 10.2 Å². The van der Waals surface area contributed by atoms with Crippen molar-refractivity contribution in [3.8, 4) is 0 Å². The minimum atomic E-state index is 0. The van der Waals surface area contributed by atoms with Crippen LogP contribution < -0.4 is 58.2 Å². The first-order valence-electron chi connectivity index (χ1n) is 4.53. The van der Waals surface area contributed by atoms with E-state index in [9.17, 15) is 0 Å². The van der Waals surface area contributed by atoms with E-state index in [0.717, 1.165) is 18.5 Å². The minimum absolute atomic E-state index is 0. The Morgan fingerprint density at radius 1 is 1.50 bits per heavy atom. The minimum Gasteiger partial charge on any atom is -0.665 e. The zero-order valence-electron chi connectivity index (χ0n) is 8.88. The van der Waals surface area contributed by atoms with E-state index < -0.39 is 0 Å². The number of hydrogen-bond acceptors (Lipinski definition) is 1. The van der Waals surface area contributed by atoms with Gasteiger partial charge in [-0.15, -0.1) is 6.54 Å². The van der Waals surface area contributed by atoms with Crippen LogP contribution in [0.15, 0.2) is 0 Å². The van der Waals surface area contributed by atoms with Crippen molar-refractivity contribution in [2.24, 2.45) is 5.92 Å². The molecule has 0 aliphatic carbocycles. The van der Waals surface area contributed by atoms with Crippen molar-refractivity contribution in [3.05, 3.63) is 5.32 Å². The molecule has 0 saturated carbocycles. The van der Waals surface area contributed by atoms with Crippen molar-refractivity contribution in [1.82, 2.24) is 4.90 Å². The molecular weight excluding hydrogens is 222 g/mol. The van der Waals surface area contributed by atoms with Gasteiger partial charge in [-0.3, -0.25) is 0 Å². The Hall–Kier alpha value is 1.73. The third kappa shape index (κ3) is 4.29. The van der Waals surface area contributed by atoms with E-state index in [2.05, 4.69) is 24.1 Å². The predicted molar refractivity (Wildman–Crippen MR) is 49.0 cm³/mol. The number of rotatable bonds is 3. The van der Waals surface area contributed by atoms with Crippen molar-refractivity contribution in [3.63, 3.8) is 0 Å². The Morgan fingerprint density at radius 2 is 2.17 bits per heavy atom. The molecule has 1 saturated heterocycles. The molecule has 2 nitrogen and oxygen atoms in total. The molecule has 1 rings (SSSR count). The summed E-state index contributed by atoms with van der Waals surface area (Å²) in [6.45, 7) is 8.13. The Bertz CT molecular complexity index is 117. The van der Waals surface area contributed by atoms with Crippen LogP contribution in [0.4, 0.5) is 0 Å². The summed E-state index contributed by atoms with van der Waals surface area (Å²) in [5.74, 6) is 0.836. The molecule has 0 aromatic rings. The van der Waals surface area contributed by atoms with Gasteiger partial charge in [0.1, 0.15) is 0 Å². The second-order valence-electron chi connectivity index (χ2n) is 3.74. The summed E-state index contributed by atoms with van der Waals surface area (Å²) in [6, 6.07) is 0.719. The topological polar surface area (TPSA) is 17.3 Å². The molecule has 0 aromatic carbocycles. The van der Waals surface area contributed by atoms with Gasteiger partial charge in [0, 0.05) is 6.04 Å². The Morgan fingerprint density at radius 3 is 2.58 bits per heavy atom. The van der Waals surface area contributed by atoms with E-state index in [4.69, 9.17) is 0 Å². The summed E-state index contributed by atoms with van der Waals surface area (Å²) in [5.41, 5.74) is 0. The van der Waals surface area contributed by atoms with Gasteiger partial charge in [0.15, 0.2) is 0 Å². The maximum Gasteiger partial charge on any atom is 1.00 e. The monoisotopic (exact) mass is 240 g/mol. The maximum absolute atomic E-state index is 4.18. The summed E-state index contributed by atoms with van der Waals surface area (Å²) in [6.07, 6.45) is 1.34. The fraction of sp³-hybridized carbons (Fsp3) is 1.00. The third-order valence-corrected chi connectivity index (χ3v) is 2.49. The number of nitrogens with zero attached hydrogens (tertiary/aromatic N) is 2. The van der Waals surface area contributed by atoms with Gasteiger partial charge in [-0.25, -0.2) is 0 Å². The Kier molecular flexibility index (Phi) is 8.09.